The highest BCUT2D eigenvalue weighted by atomic mass is 16.5. The zero-order chi connectivity index (χ0) is 26.6. The Kier molecular flexibility index (Phi) is 5.31. The number of carboxylic acids is 1. The molecule has 0 radical (unpaired) electrons. The summed E-state index contributed by atoms with van der Waals surface area (Å²) in [4.78, 5) is 43.3. The van der Waals surface area contributed by atoms with Crippen LogP contribution in [-0.2, 0) is 0 Å². The molecule has 5 aromatic rings. The van der Waals surface area contributed by atoms with Crippen LogP contribution in [0, 0.1) is 6.92 Å². The first kappa shape index (κ1) is 23.2. The minimum absolute atomic E-state index is 0.0396. The summed E-state index contributed by atoms with van der Waals surface area (Å²) in [6.07, 6.45) is 0. The lowest BCUT2D eigenvalue weighted by atomic mass is 10.0. The standard InChI is InChI=1S/C30H20N2O6/c1-16-3-5-17(6-4-16)18-8-11-26-24(14-18)31-27(38-26)23-15-20(9-12-25(23)37-2)32-28(33)21-10-7-19(30(35)36)13-22(21)29(32)34/h3-15H,1-2H3,(H,35,36). The van der Waals surface area contributed by atoms with Crippen LogP contribution in [0.15, 0.2) is 83.3 Å². The maximum absolute atomic E-state index is 13.2. The van der Waals surface area contributed by atoms with Gasteiger partial charge < -0.3 is 14.3 Å². The minimum Gasteiger partial charge on any atom is -0.496 e. The number of carbonyl (C=O) groups is 3. The van der Waals surface area contributed by atoms with E-state index in [0.717, 1.165) is 16.0 Å². The summed E-state index contributed by atoms with van der Waals surface area (Å²) in [5.41, 5.74) is 5.29. The number of rotatable bonds is 5. The second kappa shape index (κ2) is 8.70. The van der Waals surface area contributed by atoms with Crippen molar-refractivity contribution in [3.8, 4) is 28.3 Å². The van der Waals surface area contributed by atoms with Gasteiger partial charge in [0.15, 0.2) is 5.58 Å². The van der Waals surface area contributed by atoms with E-state index in [9.17, 15) is 19.5 Å². The molecule has 6 rings (SSSR count). The van der Waals surface area contributed by atoms with Crippen LogP contribution < -0.4 is 9.64 Å². The number of ether oxygens (including phenoxy) is 1. The summed E-state index contributed by atoms with van der Waals surface area (Å²) < 4.78 is 11.6. The van der Waals surface area contributed by atoms with Crippen LogP contribution in [0.5, 0.6) is 5.75 Å². The third-order valence-corrected chi connectivity index (χ3v) is 6.58. The van der Waals surface area contributed by atoms with Crippen LogP contribution in [0.25, 0.3) is 33.7 Å². The van der Waals surface area contributed by atoms with E-state index in [1.807, 2.05) is 49.4 Å². The number of fused-ring (bicyclic) bond motifs is 2. The van der Waals surface area contributed by atoms with Gasteiger partial charge in [-0.05, 0) is 66.6 Å². The molecular weight excluding hydrogens is 484 g/mol. The molecule has 1 N–H and O–H groups in total. The van der Waals surface area contributed by atoms with Crippen molar-refractivity contribution in [2.75, 3.05) is 12.0 Å². The molecule has 1 aromatic heterocycles. The number of nitrogens with zero attached hydrogens (tertiary/aromatic N) is 2. The first-order chi connectivity index (χ1) is 18.3. The van der Waals surface area contributed by atoms with E-state index in [-0.39, 0.29) is 28.3 Å². The van der Waals surface area contributed by atoms with E-state index >= 15 is 0 Å². The summed E-state index contributed by atoms with van der Waals surface area (Å²) in [6.45, 7) is 2.04. The highest BCUT2D eigenvalue weighted by molar-refractivity contribution is 6.34. The lowest BCUT2D eigenvalue weighted by Gasteiger charge is -2.16. The molecule has 0 unspecified atom stereocenters. The van der Waals surface area contributed by atoms with Crippen LogP contribution >= 0.6 is 0 Å². The van der Waals surface area contributed by atoms with Gasteiger partial charge in [0.05, 0.1) is 35.1 Å². The Morgan fingerprint density at radius 2 is 1.58 bits per heavy atom. The van der Waals surface area contributed by atoms with Crippen molar-refractivity contribution in [3.05, 3.63) is 101 Å². The quantitative estimate of drug-likeness (QED) is 0.293. The molecule has 186 valence electrons. The van der Waals surface area contributed by atoms with Crippen molar-refractivity contribution in [1.29, 1.82) is 0 Å². The molecule has 8 heteroatoms. The second-order valence-electron chi connectivity index (χ2n) is 8.96. The van der Waals surface area contributed by atoms with Gasteiger partial charge in [0.1, 0.15) is 11.3 Å². The van der Waals surface area contributed by atoms with Crippen LogP contribution in [0.1, 0.15) is 36.6 Å². The number of amides is 2. The molecule has 0 spiro atoms. The number of imide groups is 1. The fraction of sp³-hybridized carbons (Fsp3) is 0.0667. The number of aromatic carboxylic acids is 1. The van der Waals surface area contributed by atoms with Crippen LogP contribution in [0.3, 0.4) is 0 Å². The maximum atomic E-state index is 13.2. The van der Waals surface area contributed by atoms with E-state index in [1.54, 1.807) is 18.2 Å². The van der Waals surface area contributed by atoms with Crippen molar-refractivity contribution in [2.45, 2.75) is 6.92 Å². The van der Waals surface area contributed by atoms with Crippen molar-refractivity contribution in [2.24, 2.45) is 0 Å². The number of anilines is 1. The van der Waals surface area contributed by atoms with E-state index < -0.39 is 17.8 Å². The Balaban J connectivity index is 1.40. The average molecular weight is 504 g/mol. The molecule has 8 nitrogen and oxygen atoms in total. The molecule has 0 aliphatic carbocycles. The van der Waals surface area contributed by atoms with Crippen molar-refractivity contribution in [3.63, 3.8) is 0 Å². The topological polar surface area (TPSA) is 110 Å². The summed E-state index contributed by atoms with van der Waals surface area (Å²) in [5.74, 6) is -1.61. The number of hydrogen-bond acceptors (Lipinski definition) is 6. The number of oxazole rings is 1. The van der Waals surface area contributed by atoms with Gasteiger partial charge in [-0.25, -0.2) is 14.7 Å². The number of methoxy groups -OCH3 is 1. The smallest absolute Gasteiger partial charge is 0.335 e. The van der Waals surface area contributed by atoms with Gasteiger partial charge in [0.25, 0.3) is 11.8 Å². The molecular formula is C30H20N2O6. The molecule has 1 aliphatic rings. The first-order valence-corrected chi connectivity index (χ1v) is 11.8. The highest BCUT2D eigenvalue weighted by Crippen LogP contribution is 2.38. The number of benzene rings is 4. The van der Waals surface area contributed by atoms with Gasteiger partial charge in [0, 0.05) is 0 Å². The zero-order valence-electron chi connectivity index (χ0n) is 20.4. The Labute approximate surface area is 216 Å². The largest absolute Gasteiger partial charge is 0.496 e. The summed E-state index contributed by atoms with van der Waals surface area (Å²) >= 11 is 0. The van der Waals surface area contributed by atoms with Crippen LogP contribution in [0.4, 0.5) is 5.69 Å². The number of aromatic nitrogens is 1. The minimum atomic E-state index is -1.18. The Bertz CT molecular complexity index is 1790. The molecule has 0 saturated carbocycles. The molecule has 2 heterocycles. The Morgan fingerprint density at radius 3 is 2.32 bits per heavy atom. The summed E-state index contributed by atoms with van der Waals surface area (Å²) in [6, 6.07) is 22.6. The third kappa shape index (κ3) is 3.70. The van der Waals surface area contributed by atoms with E-state index in [4.69, 9.17) is 9.15 Å². The molecule has 0 fully saturated rings. The average Bonchev–Trinajstić information content (AvgIpc) is 3.46. The lowest BCUT2D eigenvalue weighted by Crippen LogP contribution is -2.29. The fourth-order valence-electron chi connectivity index (χ4n) is 4.58. The number of carbonyl (C=O) groups excluding carboxylic acids is 2. The highest BCUT2D eigenvalue weighted by Gasteiger charge is 2.37. The molecule has 0 saturated heterocycles. The van der Waals surface area contributed by atoms with Gasteiger partial charge >= 0.3 is 5.97 Å². The molecule has 4 aromatic carbocycles. The monoisotopic (exact) mass is 504 g/mol. The fourth-order valence-corrected chi connectivity index (χ4v) is 4.58. The van der Waals surface area contributed by atoms with Gasteiger partial charge in [-0.2, -0.15) is 0 Å². The van der Waals surface area contributed by atoms with Crippen LogP contribution in [-0.4, -0.2) is 35.0 Å². The first-order valence-electron chi connectivity index (χ1n) is 11.8. The maximum Gasteiger partial charge on any atom is 0.335 e. The predicted octanol–water partition coefficient (Wildman–Crippen LogP) is 5.98. The van der Waals surface area contributed by atoms with Crippen molar-refractivity contribution < 1.29 is 28.6 Å². The summed E-state index contributed by atoms with van der Waals surface area (Å²) in [5, 5.41) is 9.28. The zero-order valence-corrected chi connectivity index (χ0v) is 20.4. The van der Waals surface area contributed by atoms with Gasteiger partial charge in [-0.1, -0.05) is 35.9 Å². The van der Waals surface area contributed by atoms with Crippen LogP contribution in [0.2, 0.25) is 0 Å². The molecule has 2 amide bonds. The molecule has 1 aliphatic heterocycles. The Morgan fingerprint density at radius 1 is 0.842 bits per heavy atom. The SMILES string of the molecule is COc1ccc(N2C(=O)c3ccc(C(=O)O)cc3C2=O)cc1-c1nc2cc(-c3ccc(C)cc3)ccc2o1. The second-order valence-corrected chi connectivity index (χ2v) is 8.96. The van der Waals surface area contributed by atoms with E-state index in [0.29, 0.717) is 22.4 Å². The normalized spacial score (nSPS) is 12.7. The lowest BCUT2D eigenvalue weighted by molar-refractivity contribution is 0.0696. The van der Waals surface area contributed by atoms with Gasteiger partial charge in [0.2, 0.25) is 5.89 Å². The molecule has 0 bridgehead atoms. The van der Waals surface area contributed by atoms with Gasteiger partial charge in [-0.3, -0.25) is 9.59 Å². The van der Waals surface area contributed by atoms with Crippen molar-refractivity contribution in [1.82, 2.24) is 4.98 Å². The third-order valence-electron chi connectivity index (χ3n) is 6.58. The van der Waals surface area contributed by atoms with E-state index in [2.05, 4.69) is 4.98 Å². The molecule has 38 heavy (non-hydrogen) atoms. The van der Waals surface area contributed by atoms with E-state index in [1.165, 1.54) is 30.9 Å². The number of carboxylic acid groups (broad SMARTS) is 1. The Hall–Kier alpha value is -5.24. The summed E-state index contributed by atoms with van der Waals surface area (Å²) in [7, 11) is 1.51. The van der Waals surface area contributed by atoms with Crippen molar-refractivity contribution >= 4 is 34.6 Å². The molecule has 0 atom stereocenters. The number of hydrogen-bond donors (Lipinski definition) is 1. The number of aryl methyl sites for hydroxylation is 1. The predicted molar refractivity (Wildman–Crippen MR) is 141 cm³/mol. The van der Waals surface area contributed by atoms with Gasteiger partial charge in [-0.15, -0.1) is 0 Å².